The zero-order chi connectivity index (χ0) is 20.2. The number of urea groups is 1. The van der Waals surface area contributed by atoms with E-state index in [9.17, 15) is 14.0 Å². The second-order valence-corrected chi connectivity index (χ2v) is 7.53. The van der Waals surface area contributed by atoms with Crippen molar-refractivity contribution < 1.29 is 14.0 Å². The molecule has 0 unspecified atom stereocenters. The first-order valence-electron chi connectivity index (χ1n) is 9.13. The molecule has 7 nitrogen and oxygen atoms in total. The van der Waals surface area contributed by atoms with Crippen molar-refractivity contribution in [3.63, 3.8) is 0 Å². The number of anilines is 2. The van der Waals surface area contributed by atoms with E-state index in [1.165, 1.54) is 28.4 Å². The van der Waals surface area contributed by atoms with E-state index in [4.69, 9.17) is 0 Å². The van der Waals surface area contributed by atoms with Gasteiger partial charge in [-0.05, 0) is 49.2 Å². The van der Waals surface area contributed by atoms with E-state index in [1.807, 2.05) is 18.2 Å². The van der Waals surface area contributed by atoms with E-state index in [1.54, 1.807) is 24.3 Å². The Morgan fingerprint density at radius 3 is 2.55 bits per heavy atom. The summed E-state index contributed by atoms with van der Waals surface area (Å²) in [5.74, 6) is -0.630. The van der Waals surface area contributed by atoms with Gasteiger partial charge in [-0.2, -0.15) is 0 Å². The summed E-state index contributed by atoms with van der Waals surface area (Å²) in [6.07, 6.45) is 1.33. The van der Waals surface area contributed by atoms with Crippen LogP contribution in [0.1, 0.15) is 12.8 Å². The first kappa shape index (κ1) is 19.0. The molecule has 2 aromatic carbocycles. The number of halogens is 1. The van der Waals surface area contributed by atoms with E-state index in [0.29, 0.717) is 34.4 Å². The number of para-hydroxylation sites is 1. The topological polar surface area (TPSA) is 87.2 Å². The van der Waals surface area contributed by atoms with Crippen LogP contribution >= 0.6 is 11.3 Å². The molecule has 1 aliphatic heterocycles. The van der Waals surface area contributed by atoms with E-state index in [0.717, 1.165) is 6.42 Å². The maximum atomic E-state index is 13.1. The van der Waals surface area contributed by atoms with Gasteiger partial charge in [-0.25, -0.2) is 9.18 Å². The molecule has 1 saturated heterocycles. The Labute approximate surface area is 170 Å². The predicted molar refractivity (Wildman–Crippen MR) is 109 cm³/mol. The summed E-state index contributed by atoms with van der Waals surface area (Å²) < 4.78 is 13.1. The quantitative estimate of drug-likeness (QED) is 0.680. The molecule has 1 aromatic heterocycles. The lowest BCUT2D eigenvalue weighted by atomic mass is 10.2. The van der Waals surface area contributed by atoms with Crippen LogP contribution in [0.15, 0.2) is 54.6 Å². The van der Waals surface area contributed by atoms with Gasteiger partial charge in [-0.3, -0.25) is 10.1 Å². The summed E-state index contributed by atoms with van der Waals surface area (Å²) in [5, 5.41) is 14.5. The zero-order valence-electron chi connectivity index (χ0n) is 15.3. The third-order valence-corrected chi connectivity index (χ3v) is 5.48. The normalized spacial score (nSPS) is 15.9. The highest BCUT2D eigenvalue weighted by Crippen LogP contribution is 2.27. The molecule has 0 saturated carbocycles. The number of aromatic nitrogens is 2. The molecule has 4 rings (SSSR count). The number of benzene rings is 2. The maximum absolute atomic E-state index is 13.1. The number of amides is 3. The van der Waals surface area contributed by atoms with Crippen molar-refractivity contribution in [3.05, 3.63) is 60.4 Å². The molecule has 9 heteroatoms. The lowest BCUT2D eigenvalue weighted by Gasteiger charge is -2.23. The van der Waals surface area contributed by atoms with Crippen LogP contribution in [0.4, 0.5) is 20.0 Å². The van der Waals surface area contributed by atoms with Gasteiger partial charge in [0.25, 0.3) is 0 Å². The number of rotatable bonds is 4. The average molecular weight is 411 g/mol. The van der Waals surface area contributed by atoms with Crippen molar-refractivity contribution in [3.8, 4) is 10.6 Å². The highest BCUT2D eigenvalue weighted by molar-refractivity contribution is 7.18. The minimum Gasteiger partial charge on any atom is -0.312 e. The Hall–Kier alpha value is -3.33. The fourth-order valence-corrected chi connectivity index (χ4v) is 3.92. The highest BCUT2D eigenvalue weighted by atomic mass is 32.1. The first-order valence-corrected chi connectivity index (χ1v) is 9.95. The van der Waals surface area contributed by atoms with Gasteiger partial charge in [0.1, 0.15) is 16.9 Å². The number of nitrogens with one attached hydrogen (secondary N) is 2. The summed E-state index contributed by atoms with van der Waals surface area (Å²) in [6, 6.07) is 14.1. The van der Waals surface area contributed by atoms with Crippen LogP contribution in [-0.2, 0) is 4.79 Å². The van der Waals surface area contributed by atoms with Crippen molar-refractivity contribution in [2.24, 2.45) is 0 Å². The molecule has 29 heavy (non-hydrogen) atoms. The molecule has 148 valence electrons. The molecule has 3 amide bonds. The Morgan fingerprint density at radius 1 is 1.03 bits per heavy atom. The summed E-state index contributed by atoms with van der Waals surface area (Å²) >= 11 is 1.20. The van der Waals surface area contributed by atoms with Crippen LogP contribution in [0.3, 0.4) is 0 Å². The van der Waals surface area contributed by atoms with Crippen molar-refractivity contribution in [1.29, 1.82) is 0 Å². The van der Waals surface area contributed by atoms with Gasteiger partial charge < -0.3 is 10.2 Å². The minimum absolute atomic E-state index is 0.299. The average Bonchev–Trinajstić information content (AvgIpc) is 3.39. The third-order valence-electron chi connectivity index (χ3n) is 4.59. The van der Waals surface area contributed by atoms with E-state index in [2.05, 4.69) is 20.8 Å². The van der Waals surface area contributed by atoms with E-state index in [-0.39, 0.29) is 17.8 Å². The maximum Gasteiger partial charge on any atom is 0.322 e. The van der Waals surface area contributed by atoms with Crippen LogP contribution < -0.4 is 10.6 Å². The van der Waals surface area contributed by atoms with Crippen molar-refractivity contribution in [2.75, 3.05) is 17.2 Å². The second-order valence-electron chi connectivity index (χ2n) is 6.56. The molecule has 2 N–H and O–H groups in total. The molecular weight excluding hydrogens is 393 g/mol. The first-order chi connectivity index (χ1) is 14.1. The second kappa shape index (κ2) is 8.36. The van der Waals surface area contributed by atoms with Gasteiger partial charge in [-0.1, -0.05) is 29.5 Å². The number of hydrogen-bond acceptors (Lipinski definition) is 5. The van der Waals surface area contributed by atoms with Crippen molar-refractivity contribution in [2.45, 2.75) is 18.9 Å². The van der Waals surface area contributed by atoms with Gasteiger partial charge in [-0.15, -0.1) is 10.2 Å². The van der Waals surface area contributed by atoms with Crippen LogP contribution in [0.2, 0.25) is 0 Å². The fourth-order valence-electron chi connectivity index (χ4n) is 3.17. The fraction of sp³-hybridized carbons (Fsp3) is 0.200. The van der Waals surface area contributed by atoms with Crippen molar-refractivity contribution >= 4 is 34.1 Å². The minimum atomic E-state index is -0.572. The Bertz CT molecular complexity index is 1010. The van der Waals surface area contributed by atoms with Gasteiger partial charge in [0.05, 0.1) is 0 Å². The molecule has 0 aliphatic carbocycles. The van der Waals surface area contributed by atoms with Crippen LogP contribution in [-0.4, -0.2) is 39.6 Å². The van der Waals surface area contributed by atoms with E-state index >= 15 is 0 Å². The van der Waals surface area contributed by atoms with Gasteiger partial charge in [0, 0.05) is 17.8 Å². The number of carbonyl (C=O) groups is 2. The standard InChI is InChI=1S/C20H18FN5O2S/c21-14-10-8-13(9-11-14)18-24-25-19(29-18)23-17(27)16-7-4-12-26(16)20(28)22-15-5-2-1-3-6-15/h1-3,5-6,8-11,16H,4,7,12H2,(H,22,28)(H,23,25,27)/t16-/m0/s1. The summed E-state index contributed by atoms with van der Waals surface area (Å²) in [4.78, 5) is 26.8. The molecule has 3 aromatic rings. The largest absolute Gasteiger partial charge is 0.322 e. The van der Waals surface area contributed by atoms with Gasteiger partial charge in [0.2, 0.25) is 11.0 Å². The highest BCUT2D eigenvalue weighted by Gasteiger charge is 2.34. The smallest absolute Gasteiger partial charge is 0.312 e. The van der Waals surface area contributed by atoms with Gasteiger partial charge >= 0.3 is 6.03 Å². The molecule has 1 atom stereocenters. The molecule has 1 fully saturated rings. The summed E-state index contributed by atoms with van der Waals surface area (Å²) in [5.41, 5.74) is 1.39. The molecule has 0 spiro atoms. The number of hydrogen-bond donors (Lipinski definition) is 2. The molecule has 2 heterocycles. The third kappa shape index (κ3) is 4.40. The molecule has 1 aliphatic rings. The van der Waals surface area contributed by atoms with Crippen LogP contribution in [0.25, 0.3) is 10.6 Å². The number of nitrogens with zero attached hydrogens (tertiary/aromatic N) is 3. The molecule has 0 radical (unpaired) electrons. The monoisotopic (exact) mass is 411 g/mol. The zero-order valence-corrected chi connectivity index (χ0v) is 16.2. The number of likely N-dealkylation sites (tertiary alicyclic amines) is 1. The SMILES string of the molecule is O=C(Nc1nnc(-c2ccc(F)cc2)s1)[C@@H]1CCCN1C(=O)Nc1ccccc1. The van der Waals surface area contributed by atoms with Crippen LogP contribution in [0.5, 0.6) is 0 Å². The predicted octanol–water partition coefficient (Wildman–Crippen LogP) is 3.98. The lowest BCUT2D eigenvalue weighted by Crippen LogP contribution is -2.45. The number of carbonyl (C=O) groups excluding carboxylic acids is 2. The molecule has 0 bridgehead atoms. The van der Waals surface area contributed by atoms with E-state index < -0.39 is 6.04 Å². The Kier molecular flexibility index (Phi) is 5.48. The Morgan fingerprint density at radius 2 is 1.79 bits per heavy atom. The summed E-state index contributed by atoms with van der Waals surface area (Å²) in [7, 11) is 0. The van der Waals surface area contributed by atoms with Crippen molar-refractivity contribution in [1.82, 2.24) is 15.1 Å². The Balaban J connectivity index is 1.41. The molecular formula is C20H18FN5O2S. The van der Waals surface area contributed by atoms with Crippen LogP contribution in [0, 0.1) is 5.82 Å². The van der Waals surface area contributed by atoms with Gasteiger partial charge in [0.15, 0.2) is 0 Å². The lowest BCUT2D eigenvalue weighted by molar-refractivity contribution is -0.119. The summed E-state index contributed by atoms with van der Waals surface area (Å²) in [6.45, 7) is 0.508.